The molecule has 0 spiro atoms. The predicted octanol–water partition coefficient (Wildman–Crippen LogP) is 2.89. The zero-order valence-corrected chi connectivity index (χ0v) is 18.4. The van der Waals surface area contributed by atoms with E-state index in [4.69, 9.17) is 18.9 Å². The van der Waals surface area contributed by atoms with Crippen LogP contribution in [0.1, 0.15) is 28.9 Å². The lowest BCUT2D eigenvalue weighted by Crippen LogP contribution is -2.42. The van der Waals surface area contributed by atoms with Crippen molar-refractivity contribution in [2.24, 2.45) is 5.10 Å². The minimum atomic E-state index is -0.368. The first kappa shape index (κ1) is 22.6. The van der Waals surface area contributed by atoms with E-state index in [0.29, 0.717) is 36.0 Å². The van der Waals surface area contributed by atoms with Crippen molar-refractivity contribution in [3.8, 4) is 17.2 Å². The van der Waals surface area contributed by atoms with E-state index in [1.807, 2.05) is 25.1 Å². The highest BCUT2D eigenvalue weighted by Gasteiger charge is 2.25. The molecule has 0 radical (unpaired) electrons. The molecule has 166 valence electrons. The van der Waals surface area contributed by atoms with Crippen LogP contribution in [-0.2, 0) is 4.74 Å². The third-order valence-corrected chi connectivity index (χ3v) is 5.18. The van der Waals surface area contributed by atoms with E-state index in [1.54, 1.807) is 12.1 Å². The van der Waals surface area contributed by atoms with Crippen LogP contribution in [-0.4, -0.2) is 64.2 Å². The number of carbonyl (C=O) groups excluding carboxylic acids is 1. The maximum atomic E-state index is 12.8. The van der Waals surface area contributed by atoms with Crippen molar-refractivity contribution >= 4 is 11.6 Å². The van der Waals surface area contributed by atoms with Crippen LogP contribution < -0.4 is 19.6 Å². The monoisotopic (exact) mass is 427 g/mol. The van der Waals surface area contributed by atoms with Crippen molar-refractivity contribution in [1.82, 2.24) is 10.3 Å². The average molecular weight is 428 g/mol. The molecule has 8 nitrogen and oxygen atoms in total. The van der Waals surface area contributed by atoms with Crippen LogP contribution in [0.3, 0.4) is 0 Å². The molecule has 31 heavy (non-hydrogen) atoms. The lowest BCUT2D eigenvalue weighted by atomic mass is 10.0. The van der Waals surface area contributed by atoms with Gasteiger partial charge in [-0.3, -0.25) is 9.69 Å². The van der Waals surface area contributed by atoms with E-state index in [1.165, 1.54) is 21.3 Å². The van der Waals surface area contributed by atoms with E-state index >= 15 is 0 Å². The Morgan fingerprint density at radius 1 is 1.03 bits per heavy atom. The number of ether oxygens (including phenoxy) is 4. The molecule has 8 heteroatoms. The van der Waals surface area contributed by atoms with Gasteiger partial charge in [-0.2, -0.15) is 5.10 Å². The number of methoxy groups -OCH3 is 3. The molecule has 1 fully saturated rings. The highest BCUT2D eigenvalue weighted by molar-refractivity contribution is 5.97. The number of nitrogens with one attached hydrogen (secondary N) is 1. The minimum Gasteiger partial charge on any atom is -0.493 e. The number of hydrogen-bond donors (Lipinski definition) is 1. The van der Waals surface area contributed by atoms with Crippen molar-refractivity contribution in [3.63, 3.8) is 0 Å². The number of nitrogens with zero attached hydrogens (tertiary/aromatic N) is 2. The maximum Gasteiger partial charge on any atom is 0.271 e. The maximum absolute atomic E-state index is 12.8. The molecule has 1 aliphatic rings. The molecule has 1 heterocycles. The van der Waals surface area contributed by atoms with Crippen LogP contribution in [0.4, 0.5) is 0 Å². The summed E-state index contributed by atoms with van der Waals surface area (Å²) in [6.07, 6.45) is 0. The summed E-state index contributed by atoms with van der Waals surface area (Å²) in [5.74, 6) is 0.872. The highest BCUT2D eigenvalue weighted by atomic mass is 16.5. The Morgan fingerprint density at radius 3 is 2.19 bits per heavy atom. The largest absolute Gasteiger partial charge is 0.493 e. The molecule has 0 aromatic heterocycles. The summed E-state index contributed by atoms with van der Waals surface area (Å²) in [5.41, 5.74) is 4.93. The molecule has 2 aromatic rings. The fourth-order valence-electron chi connectivity index (χ4n) is 3.66. The second kappa shape index (κ2) is 10.8. The molecule has 1 amide bonds. The topological polar surface area (TPSA) is 81.6 Å². The summed E-state index contributed by atoms with van der Waals surface area (Å²) >= 11 is 0. The SMILES string of the molecule is COc1cc(C(=O)N/N=C(/C)[C@@H](c2ccccc2)N2CCOCC2)cc(OC)c1OC. The van der Waals surface area contributed by atoms with Gasteiger partial charge < -0.3 is 18.9 Å². The molecule has 0 aliphatic carbocycles. The molecule has 2 aromatic carbocycles. The molecule has 1 aliphatic heterocycles. The van der Waals surface area contributed by atoms with Crippen LogP contribution in [0.25, 0.3) is 0 Å². The number of benzene rings is 2. The van der Waals surface area contributed by atoms with Crippen molar-refractivity contribution < 1.29 is 23.7 Å². The van der Waals surface area contributed by atoms with Crippen molar-refractivity contribution in [1.29, 1.82) is 0 Å². The van der Waals surface area contributed by atoms with E-state index in [9.17, 15) is 4.79 Å². The minimum absolute atomic E-state index is 0.0506. The Morgan fingerprint density at radius 2 is 1.65 bits per heavy atom. The number of carbonyl (C=O) groups is 1. The summed E-state index contributed by atoms with van der Waals surface area (Å²) in [6.45, 7) is 4.87. The summed E-state index contributed by atoms with van der Waals surface area (Å²) < 4.78 is 21.5. The first-order chi connectivity index (χ1) is 15.1. The Bertz CT molecular complexity index is 886. The van der Waals surface area contributed by atoms with Gasteiger partial charge in [0.15, 0.2) is 11.5 Å². The van der Waals surface area contributed by atoms with Crippen LogP contribution in [0.2, 0.25) is 0 Å². The number of hydrogen-bond acceptors (Lipinski definition) is 7. The lowest BCUT2D eigenvalue weighted by molar-refractivity contribution is 0.0285. The van der Waals surface area contributed by atoms with Crippen molar-refractivity contribution in [3.05, 3.63) is 53.6 Å². The molecular weight excluding hydrogens is 398 g/mol. The smallest absolute Gasteiger partial charge is 0.271 e. The molecule has 1 N–H and O–H groups in total. The van der Waals surface area contributed by atoms with Gasteiger partial charge in [0.05, 0.1) is 46.3 Å². The summed E-state index contributed by atoms with van der Waals surface area (Å²) in [6, 6.07) is 13.3. The standard InChI is InChI=1S/C23H29N3O5/c1-16(21(17-8-6-5-7-9-17)26-10-12-31-13-11-26)24-25-23(27)18-14-19(28-2)22(30-4)20(15-18)29-3/h5-9,14-15,21H,10-13H2,1-4H3,(H,25,27)/b24-16-/t21-/m0/s1. The van der Waals surface area contributed by atoms with Gasteiger partial charge in [0.1, 0.15) is 0 Å². The van der Waals surface area contributed by atoms with Gasteiger partial charge in [-0.15, -0.1) is 0 Å². The molecule has 1 saturated heterocycles. The first-order valence-corrected chi connectivity index (χ1v) is 10.1. The average Bonchev–Trinajstić information content (AvgIpc) is 2.83. The zero-order chi connectivity index (χ0) is 22.2. The van der Waals surface area contributed by atoms with Gasteiger partial charge in [0, 0.05) is 18.7 Å². The van der Waals surface area contributed by atoms with E-state index < -0.39 is 0 Å². The van der Waals surface area contributed by atoms with Crippen molar-refractivity contribution in [2.45, 2.75) is 13.0 Å². The highest BCUT2D eigenvalue weighted by Crippen LogP contribution is 2.38. The molecule has 3 rings (SSSR count). The Hall–Kier alpha value is -3.10. The van der Waals surface area contributed by atoms with E-state index in [-0.39, 0.29) is 11.9 Å². The summed E-state index contributed by atoms with van der Waals surface area (Å²) in [7, 11) is 4.53. The second-order valence-electron chi connectivity index (χ2n) is 7.07. The quantitative estimate of drug-likeness (QED) is 0.515. The van der Waals surface area contributed by atoms with Crippen LogP contribution in [0, 0.1) is 0 Å². The fourth-order valence-corrected chi connectivity index (χ4v) is 3.66. The number of hydrazone groups is 1. The molecule has 1 atom stereocenters. The number of morpholine rings is 1. The Kier molecular flexibility index (Phi) is 7.86. The fraction of sp³-hybridized carbons (Fsp3) is 0.391. The third-order valence-electron chi connectivity index (χ3n) is 5.18. The normalized spacial score (nSPS) is 15.8. The third kappa shape index (κ3) is 5.34. The second-order valence-corrected chi connectivity index (χ2v) is 7.07. The van der Waals surface area contributed by atoms with Gasteiger partial charge in [0.2, 0.25) is 5.75 Å². The van der Waals surface area contributed by atoms with Crippen molar-refractivity contribution in [2.75, 3.05) is 47.6 Å². The number of rotatable bonds is 8. The van der Waals surface area contributed by atoms with Gasteiger partial charge >= 0.3 is 0 Å². The van der Waals surface area contributed by atoms with Gasteiger partial charge in [-0.05, 0) is 24.6 Å². The lowest BCUT2D eigenvalue weighted by Gasteiger charge is -2.34. The van der Waals surface area contributed by atoms with Crippen LogP contribution in [0.15, 0.2) is 47.6 Å². The molecule has 0 unspecified atom stereocenters. The van der Waals surface area contributed by atoms with Crippen LogP contribution in [0.5, 0.6) is 17.2 Å². The molecule has 0 saturated carbocycles. The summed E-state index contributed by atoms with van der Waals surface area (Å²) in [4.78, 5) is 15.1. The Balaban J connectivity index is 1.84. The molecular formula is C23H29N3O5. The van der Waals surface area contributed by atoms with E-state index in [2.05, 4.69) is 27.6 Å². The summed E-state index contributed by atoms with van der Waals surface area (Å²) in [5, 5.41) is 4.43. The van der Waals surface area contributed by atoms with Gasteiger partial charge in [-0.25, -0.2) is 5.43 Å². The molecule has 0 bridgehead atoms. The zero-order valence-electron chi connectivity index (χ0n) is 18.4. The number of amides is 1. The van der Waals surface area contributed by atoms with Gasteiger partial charge in [0.25, 0.3) is 5.91 Å². The predicted molar refractivity (Wildman–Crippen MR) is 118 cm³/mol. The van der Waals surface area contributed by atoms with Crippen LogP contribution >= 0.6 is 0 Å². The first-order valence-electron chi connectivity index (χ1n) is 10.1. The van der Waals surface area contributed by atoms with E-state index in [0.717, 1.165) is 24.4 Å². The van der Waals surface area contributed by atoms with Gasteiger partial charge in [-0.1, -0.05) is 30.3 Å². The Labute approximate surface area is 182 Å².